The topological polar surface area (TPSA) is 17.1 Å². The second-order valence-electron chi connectivity index (χ2n) is 3.64. The van der Waals surface area contributed by atoms with Crippen LogP contribution in [0.1, 0.15) is 25.7 Å². The highest BCUT2D eigenvalue weighted by Gasteiger charge is 2.47. The molecule has 1 rings (SSSR count). The number of carbonyl (C=O) groups is 1. The summed E-state index contributed by atoms with van der Waals surface area (Å²) in [7, 11) is 0. The van der Waals surface area contributed by atoms with E-state index in [1.54, 1.807) is 0 Å². The number of alkyl halides is 4. The Hall–Kier alpha value is -0.250. The van der Waals surface area contributed by atoms with E-state index in [0.29, 0.717) is 19.3 Å². The van der Waals surface area contributed by atoms with Crippen LogP contribution in [0.15, 0.2) is 0 Å². The van der Waals surface area contributed by atoms with E-state index in [1.807, 2.05) is 0 Å². The normalized spacial score (nSPS) is 28.9. The fourth-order valence-corrected chi connectivity index (χ4v) is 2.21. The molecule has 2 atom stereocenters. The van der Waals surface area contributed by atoms with Gasteiger partial charge < -0.3 is 0 Å². The zero-order chi connectivity index (χ0) is 10.8. The first-order valence-electron chi connectivity index (χ1n) is 4.62. The van der Waals surface area contributed by atoms with Gasteiger partial charge in [-0.2, -0.15) is 13.2 Å². The summed E-state index contributed by atoms with van der Waals surface area (Å²) in [6.45, 7) is 0. The lowest BCUT2D eigenvalue weighted by Crippen LogP contribution is -2.37. The molecule has 0 bridgehead atoms. The van der Waals surface area contributed by atoms with Gasteiger partial charge in [-0.3, -0.25) is 4.79 Å². The van der Waals surface area contributed by atoms with Crippen molar-refractivity contribution in [3.05, 3.63) is 0 Å². The van der Waals surface area contributed by atoms with Crippen LogP contribution >= 0.6 is 11.6 Å². The Morgan fingerprint density at radius 2 is 1.86 bits per heavy atom. The number of hydrogen-bond donors (Lipinski definition) is 0. The number of rotatable bonds is 2. The van der Waals surface area contributed by atoms with E-state index in [9.17, 15) is 18.0 Å². The van der Waals surface area contributed by atoms with E-state index in [1.165, 1.54) is 0 Å². The summed E-state index contributed by atoms with van der Waals surface area (Å²) in [5.74, 6) is -3.14. The van der Waals surface area contributed by atoms with Gasteiger partial charge in [0, 0.05) is 5.92 Å². The van der Waals surface area contributed by atoms with Gasteiger partial charge in [-0.25, -0.2) is 0 Å². The molecule has 0 heterocycles. The Balaban J connectivity index is 2.74. The smallest absolute Gasteiger partial charge is 0.298 e. The van der Waals surface area contributed by atoms with Gasteiger partial charge >= 0.3 is 6.18 Å². The predicted molar refractivity (Wildman–Crippen MR) is 47.2 cm³/mol. The van der Waals surface area contributed by atoms with Gasteiger partial charge in [-0.1, -0.05) is 12.8 Å². The Labute approximate surface area is 85.6 Å². The van der Waals surface area contributed by atoms with Crippen LogP contribution in [0.5, 0.6) is 0 Å². The van der Waals surface area contributed by atoms with Crippen molar-refractivity contribution < 1.29 is 18.0 Å². The Kier molecular flexibility index (Phi) is 3.81. The SMILES string of the molecule is O=C(CCl)C1CCCCC1C(F)(F)F. The van der Waals surface area contributed by atoms with E-state index in [0.717, 1.165) is 0 Å². The van der Waals surface area contributed by atoms with Crippen molar-refractivity contribution in [3.63, 3.8) is 0 Å². The van der Waals surface area contributed by atoms with Crippen molar-refractivity contribution in [3.8, 4) is 0 Å². The summed E-state index contributed by atoms with van der Waals surface area (Å²) in [5, 5.41) is 0. The quantitative estimate of drug-likeness (QED) is 0.664. The highest BCUT2D eigenvalue weighted by Crippen LogP contribution is 2.41. The Morgan fingerprint density at radius 3 is 2.36 bits per heavy atom. The van der Waals surface area contributed by atoms with E-state index >= 15 is 0 Å². The average molecular weight is 229 g/mol. The van der Waals surface area contributed by atoms with Gasteiger partial charge in [0.1, 0.15) is 0 Å². The van der Waals surface area contributed by atoms with E-state index < -0.39 is 23.8 Å². The first kappa shape index (κ1) is 11.8. The fraction of sp³-hybridized carbons (Fsp3) is 0.889. The molecule has 14 heavy (non-hydrogen) atoms. The number of Topliss-reactive ketones (excluding diaryl/α,β-unsaturated/α-hetero) is 1. The lowest BCUT2D eigenvalue weighted by Gasteiger charge is -2.31. The van der Waals surface area contributed by atoms with Crippen LogP contribution in [0, 0.1) is 11.8 Å². The fourth-order valence-electron chi connectivity index (χ4n) is 2.01. The Bertz CT molecular complexity index is 215. The number of halogens is 4. The van der Waals surface area contributed by atoms with Crippen LogP contribution in [-0.4, -0.2) is 17.8 Å². The second kappa shape index (κ2) is 4.51. The first-order valence-corrected chi connectivity index (χ1v) is 5.15. The van der Waals surface area contributed by atoms with Crippen molar-refractivity contribution in [1.29, 1.82) is 0 Å². The molecule has 0 aromatic rings. The monoisotopic (exact) mass is 228 g/mol. The van der Waals surface area contributed by atoms with Gasteiger partial charge in [0.25, 0.3) is 0 Å². The van der Waals surface area contributed by atoms with Gasteiger partial charge in [-0.05, 0) is 12.8 Å². The maximum absolute atomic E-state index is 12.5. The minimum Gasteiger partial charge on any atom is -0.298 e. The molecule has 0 saturated heterocycles. The molecular formula is C9H12ClF3O. The molecule has 2 unspecified atom stereocenters. The van der Waals surface area contributed by atoms with Gasteiger partial charge in [0.2, 0.25) is 0 Å². The van der Waals surface area contributed by atoms with Gasteiger partial charge in [-0.15, -0.1) is 11.6 Å². The molecule has 1 saturated carbocycles. The molecule has 0 aliphatic heterocycles. The summed E-state index contributed by atoms with van der Waals surface area (Å²) in [4.78, 5) is 11.2. The van der Waals surface area contributed by atoms with Gasteiger partial charge in [0.05, 0.1) is 11.8 Å². The van der Waals surface area contributed by atoms with Crippen LogP contribution in [0.25, 0.3) is 0 Å². The highest BCUT2D eigenvalue weighted by atomic mass is 35.5. The third kappa shape index (κ3) is 2.62. The lowest BCUT2D eigenvalue weighted by molar-refractivity contribution is -0.197. The number of ketones is 1. The summed E-state index contributed by atoms with van der Waals surface area (Å²) in [5.41, 5.74) is 0. The minimum atomic E-state index is -4.26. The Morgan fingerprint density at radius 1 is 1.29 bits per heavy atom. The van der Waals surface area contributed by atoms with Crippen molar-refractivity contribution in [1.82, 2.24) is 0 Å². The second-order valence-corrected chi connectivity index (χ2v) is 3.91. The third-order valence-corrected chi connectivity index (χ3v) is 3.00. The van der Waals surface area contributed by atoms with Crippen LogP contribution in [-0.2, 0) is 4.79 Å². The zero-order valence-corrected chi connectivity index (χ0v) is 8.37. The molecule has 0 radical (unpaired) electrons. The lowest BCUT2D eigenvalue weighted by atomic mass is 9.77. The van der Waals surface area contributed by atoms with E-state index in [4.69, 9.17) is 11.6 Å². The molecule has 1 nitrogen and oxygen atoms in total. The van der Waals surface area contributed by atoms with Crippen molar-refractivity contribution >= 4 is 17.4 Å². The molecule has 0 aromatic carbocycles. The summed E-state index contributed by atoms with van der Waals surface area (Å²) < 4.78 is 37.5. The molecule has 1 aliphatic carbocycles. The zero-order valence-electron chi connectivity index (χ0n) is 7.61. The molecule has 1 aliphatic rings. The standard InChI is InChI=1S/C9H12ClF3O/c10-5-8(14)6-3-1-2-4-7(6)9(11,12)13/h6-7H,1-5H2. The summed E-state index contributed by atoms with van der Waals surface area (Å²) in [6.07, 6.45) is -2.62. The molecular weight excluding hydrogens is 217 g/mol. The summed E-state index contributed by atoms with van der Waals surface area (Å²) >= 11 is 5.28. The van der Waals surface area contributed by atoms with Crippen LogP contribution in [0.2, 0.25) is 0 Å². The van der Waals surface area contributed by atoms with E-state index in [-0.39, 0.29) is 12.3 Å². The van der Waals surface area contributed by atoms with Crippen LogP contribution in [0.4, 0.5) is 13.2 Å². The molecule has 0 N–H and O–H groups in total. The molecule has 0 amide bonds. The molecule has 0 spiro atoms. The molecule has 1 fully saturated rings. The van der Waals surface area contributed by atoms with Crippen LogP contribution in [0.3, 0.4) is 0 Å². The largest absolute Gasteiger partial charge is 0.392 e. The molecule has 5 heteroatoms. The number of carbonyl (C=O) groups excluding carboxylic acids is 1. The van der Waals surface area contributed by atoms with Crippen molar-refractivity contribution in [2.24, 2.45) is 11.8 Å². The first-order chi connectivity index (χ1) is 6.46. The number of hydrogen-bond acceptors (Lipinski definition) is 1. The maximum Gasteiger partial charge on any atom is 0.392 e. The van der Waals surface area contributed by atoms with E-state index in [2.05, 4.69) is 0 Å². The third-order valence-electron chi connectivity index (χ3n) is 2.73. The predicted octanol–water partition coefficient (Wildman–Crippen LogP) is 3.16. The van der Waals surface area contributed by atoms with Crippen LogP contribution < -0.4 is 0 Å². The highest BCUT2D eigenvalue weighted by molar-refractivity contribution is 6.27. The van der Waals surface area contributed by atoms with Crippen molar-refractivity contribution in [2.45, 2.75) is 31.9 Å². The van der Waals surface area contributed by atoms with Gasteiger partial charge in [0.15, 0.2) is 5.78 Å². The maximum atomic E-state index is 12.5. The molecule has 82 valence electrons. The van der Waals surface area contributed by atoms with Crippen molar-refractivity contribution in [2.75, 3.05) is 5.88 Å². The summed E-state index contributed by atoms with van der Waals surface area (Å²) in [6, 6.07) is 0. The average Bonchev–Trinajstić information content (AvgIpc) is 2.15. The molecule has 0 aromatic heterocycles. The minimum absolute atomic E-state index is 0.0663.